The van der Waals surface area contributed by atoms with Gasteiger partial charge in [-0.2, -0.15) is 0 Å². The van der Waals surface area contributed by atoms with Crippen LogP contribution in [0.25, 0.3) is 33.3 Å². The van der Waals surface area contributed by atoms with E-state index in [2.05, 4.69) is 116 Å². The van der Waals surface area contributed by atoms with Crippen LogP contribution in [0.3, 0.4) is 0 Å². The van der Waals surface area contributed by atoms with Crippen LogP contribution in [0.5, 0.6) is 0 Å². The van der Waals surface area contributed by atoms with Crippen LogP contribution in [0.1, 0.15) is 92.7 Å². The second-order valence-electron chi connectivity index (χ2n) is 11.2. The third-order valence-electron chi connectivity index (χ3n) is 7.46. The topological polar surface area (TPSA) is 16.8 Å². The largest absolute Gasteiger partial charge is 0.287 e. The van der Waals surface area contributed by atoms with Gasteiger partial charge >= 0.3 is 0 Å². The third-order valence-corrected chi connectivity index (χ3v) is 7.46. The van der Waals surface area contributed by atoms with Gasteiger partial charge < -0.3 is 0 Å². The summed E-state index contributed by atoms with van der Waals surface area (Å²) >= 11 is 0. The highest BCUT2D eigenvalue weighted by atomic mass is 15.0. The Morgan fingerprint density at radius 1 is 0.743 bits per heavy atom. The van der Waals surface area contributed by atoms with Gasteiger partial charge in [0.2, 0.25) is 0 Å². The molecule has 0 saturated carbocycles. The fraction of sp³-hybridized carbons (Fsp3) is 0.394. The summed E-state index contributed by atoms with van der Waals surface area (Å²) in [5.74, 6) is 1.42. The monoisotopic (exact) mass is 465 g/mol. The summed E-state index contributed by atoms with van der Waals surface area (Å²) in [6, 6.07) is 16.3. The molecular formula is C33H41N2+. The lowest BCUT2D eigenvalue weighted by molar-refractivity contribution is -0.662. The Kier molecular flexibility index (Phi) is 6.86. The maximum atomic E-state index is 4.89. The summed E-state index contributed by atoms with van der Waals surface area (Å²) in [7, 11) is 2.10. The van der Waals surface area contributed by atoms with E-state index in [1.165, 1.54) is 61.2 Å². The number of nitrogens with zero attached hydrogens (tertiary/aromatic N) is 2. The standard InChI is InChI=1S/C33H41N2/c1-19(2)26-15-28(20(3)4)32(29(16-26)21(5)6)25-11-12-27-31(17-25)34-18-35(10)33(27)30-14-22(7)13-23(8)24(30)9/h11-21H,1-10H3/q+1. The zero-order valence-electron chi connectivity index (χ0n) is 23.2. The van der Waals surface area contributed by atoms with Crippen LogP contribution >= 0.6 is 0 Å². The van der Waals surface area contributed by atoms with Crippen LogP contribution < -0.4 is 4.57 Å². The molecule has 0 bridgehead atoms. The smallest absolute Gasteiger partial charge is 0.232 e. The summed E-state index contributed by atoms with van der Waals surface area (Å²) < 4.78 is 2.17. The fourth-order valence-electron chi connectivity index (χ4n) is 5.30. The lowest BCUT2D eigenvalue weighted by atomic mass is 9.81. The molecule has 0 amide bonds. The second kappa shape index (κ2) is 9.57. The highest BCUT2D eigenvalue weighted by Crippen LogP contribution is 2.40. The Labute approximate surface area is 212 Å². The zero-order valence-corrected chi connectivity index (χ0v) is 23.2. The molecule has 3 aromatic carbocycles. The van der Waals surface area contributed by atoms with E-state index in [1.54, 1.807) is 0 Å². The van der Waals surface area contributed by atoms with Crippen molar-refractivity contribution in [1.82, 2.24) is 4.98 Å². The van der Waals surface area contributed by atoms with E-state index in [9.17, 15) is 0 Å². The van der Waals surface area contributed by atoms with Crippen molar-refractivity contribution < 1.29 is 4.57 Å². The fourth-order valence-corrected chi connectivity index (χ4v) is 5.30. The Morgan fingerprint density at radius 2 is 1.37 bits per heavy atom. The number of aromatic nitrogens is 2. The molecule has 0 spiro atoms. The van der Waals surface area contributed by atoms with Crippen molar-refractivity contribution in [3.63, 3.8) is 0 Å². The number of rotatable bonds is 5. The molecule has 35 heavy (non-hydrogen) atoms. The summed E-state index contributed by atoms with van der Waals surface area (Å²) in [5.41, 5.74) is 14.5. The van der Waals surface area contributed by atoms with Gasteiger partial charge in [-0.25, -0.2) is 4.57 Å². The average molecular weight is 466 g/mol. The molecule has 0 fully saturated rings. The van der Waals surface area contributed by atoms with E-state index in [0.717, 1.165) is 5.52 Å². The van der Waals surface area contributed by atoms with Crippen LogP contribution in [-0.2, 0) is 7.05 Å². The molecule has 0 atom stereocenters. The molecule has 2 nitrogen and oxygen atoms in total. The molecule has 4 rings (SSSR count). The summed E-state index contributed by atoms with van der Waals surface area (Å²) in [5, 5.41) is 1.20. The molecule has 0 aliphatic rings. The first-order valence-electron chi connectivity index (χ1n) is 13.0. The Bertz CT molecular complexity index is 1380. The van der Waals surface area contributed by atoms with Gasteiger partial charge in [0.05, 0.1) is 12.4 Å². The Hall–Kier alpha value is -3.00. The predicted molar refractivity (Wildman–Crippen MR) is 150 cm³/mol. The first kappa shape index (κ1) is 25.1. The van der Waals surface area contributed by atoms with Gasteiger partial charge in [0.15, 0.2) is 5.52 Å². The first-order chi connectivity index (χ1) is 16.5. The maximum absolute atomic E-state index is 4.89. The SMILES string of the molecule is Cc1cc(C)c(C)c(-c2c3ccc(-c4c(C(C)C)cc(C(C)C)cc4C(C)C)cc3nc[n+]2C)c1. The van der Waals surface area contributed by atoms with Crippen LogP contribution in [-0.4, -0.2) is 4.98 Å². The van der Waals surface area contributed by atoms with Gasteiger partial charge in [-0.05, 0) is 101 Å². The average Bonchev–Trinajstić information content (AvgIpc) is 2.80. The van der Waals surface area contributed by atoms with Crippen LogP contribution in [0.2, 0.25) is 0 Å². The molecule has 4 aromatic rings. The molecule has 1 aromatic heterocycles. The number of hydrogen-bond acceptors (Lipinski definition) is 1. The number of fused-ring (bicyclic) bond motifs is 1. The molecule has 0 unspecified atom stereocenters. The van der Waals surface area contributed by atoms with Crippen LogP contribution in [0, 0.1) is 20.8 Å². The Morgan fingerprint density at radius 3 is 1.94 bits per heavy atom. The molecule has 0 N–H and O–H groups in total. The number of aryl methyl sites for hydroxylation is 3. The van der Waals surface area contributed by atoms with E-state index in [1.807, 2.05) is 6.33 Å². The van der Waals surface area contributed by atoms with E-state index >= 15 is 0 Å². The lowest BCUT2D eigenvalue weighted by Gasteiger charge is -2.23. The van der Waals surface area contributed by atoms with Crippen molar-refractivity contribution in [2.24, 2.45) is 7.05 Å². The normalized spacial score (nSPS) is 11.9. The minimum Gasteiger partial charge on any atom is -0.232 e. The quantitative estimate of drug-likeness (QED) is 0.269. The van der Waals surface area contributed by atoms with E-state index in [0.29, 0.717) is 17.8 Å². The van der Waals surface area contributed by atoms with Crippen molar-refractivity contribution in [3.8, 4) is 22.4 Å². The highest BCUT2D eigenvalue weighted by Gasteiger charge is 2.22. The van der Waals surface area contributed by atoms with Crippen molar-refractivity contribution in [1.29, 1.82) is 0 Å². The van der Waals surface area contributed by atoms with Crippen molar-refractivity contribution in [2.75, 3.05) is 0 Å². The predicted octanol–water partition coefficient (Wildman–Crippen LogP) is 8.69. The Balaban J connectivity index is 2.01. The third kappa shape index (κ3) is 4.63. The molecule has 0 saturated heterocycles. The van der Waals surface area contributed by atoms with Crippen molar-refractivity contribution >= 4 is 10.9 Å². The zero-order chi connectivity index (χ0) is 25.6. The van der Waals surface area contributed by atoms with Crippen LogP contribution in [0.4, 0.5) is 0 Å². The van der Waals surface area contributed by atoms with Gasteiger partial charge in [-0.3, -0.25) is 0 Å². The van der Waals surface area contributed by atoms with Crippen molar-refractivity contribution in [2.45, 2.75) is 80.1 Å². The highest BCUT2D eigenvalue weighted by molar-refractivity contribution is 5.94. The van der Waals surface area contributed by atoms with Crippen LogP contribution in [0.15, 0.2) is 48.8 Å². The molecule has 182 valence electrons. The first-order valence-corrected chi connectivity index (χ1v) is 13.0. The molecule has 0 radical (unpaired) electrons. The number of hydrogen-bond donors (Lipinski definition) is 0. The minimum absolute atomic E-state index is 0.451. The van der Waals surface area contributed by atoms with Gasteiger partial charge in [0.25, 0.3) is 6.33 Å². The molecule has 1 heterocycles. The second-order valence-corrected chi connectivity index (χ2v) is 11.2. The summed E-state index contributed by atoms with van der Waals surface area (Å²) in [6.45, 7) is 20.4. The maximum Gasteiger partial charge on any atom is 0.287 e. The molecule has 0 aliphatic carbocycles. The minimum atomic E-state index is 0.451. The van der Waals surface area contributed by atoms with Crippen molar-refractivity contribution in [3.05, 3.63) is 82.2 Å². The molecular weight excluding hydrogens is 424 g/mol. The van der Waals surface area contributed by atoms with Gasteiger partial charge in [0, 0.05) is 5.56 Å². The molecule has 2 heteroatoms. The summed E-state index contributed by atoms with van der Waals surface area (Å²) in [6.07, 6.45) is 1.97. The number of benzene rings is 3. The van der Waals surface area contributed by atoms with E-state index < -0.39 is 0 Å². The van der Waals surface area contributed by atoms with E-state index in [-0.39, 0.29) is 0 Å². The van der Waals surface area contributed by atoms with Gasteiger partial charge in [0.1, 0.15) is 5.69 Å². The molecule has 0 aliphatic heterocycles. The van der Waals surface area contributed by atoms with Gasteiger partial charge in [-0.1, -0.05) is 71.4 Å². The van der Waals surface area contributed by atoms with E-state index in [4.69, 9.17) is 4.98 Å². The lowest BCUT2D eigenvalue weighted by Crippen LogP contribution is -2.32. The summed E-state index contributed by atoms with van der Waals surface area (Å²) in [4.78, 5) is 4.89. The van der Waals surface area contributed by atoms with Gasteiger partial charge in [-0.15, -0.1) is 0 Å².